The second-order valence-corrected chi connectivity index (χ2v) is 5.74. The van der Waals surface area contributed by atoms with E-state index in [4.69, 9.17) is 14.2 Å². The Bertz CT molecular complexity index is 490. The average Bonchev–Trinajstić information content (AvgIpc) is 2.56. The molecule has 0 atom stereocenters. The lowest BCUT2D eigenvalue weighted by atomic mass is 10.1. The van der Waals surface area contributed by atoms with Gasteiger partial charge >= 0.3 is 0 Å². The van der Waals surface area contributed by atoms with Crippen LogP contribution in [0.1, 0.15) is 20.3 Å². The Hall–Kier alpha value is -1.79. The topological polar surface area (TPSA) is 64.1 Å². The van der Waals surface area contributed by atoms with E-state index in [1.165, 1.54) is 0 Å². The van der Waals surface area contributed by atoms with Crippen molar-refractivity contribution in [2.24, 2.45) is 4.99 Å². The van der Waals surface area contributed by atoms with Crippen LogP contribution >= 0.6 is 0 Å². The van der Waals surface area contributed by atoms with E-state index in [-0.39, 0.29) is 5.60 Å². The first-order valence-corrected chi connectivity index (χ1v) is 7.75. The fraction of sp³-hybridized carbons (Fsp3) is 0.588. The second kappa shape index (κ2) is 10.1. The summed E-state index contributed by atoms with van der Waals surface area (Å²) in [5.41, 5.74) is 0.654. The van der Waals surface area contributed by atoms with Crippen LogP contribution in [0.5, 0.6) is 5.75 Å². The van der Waals surface area contributed by atoms with E-state index in [0.717, 1.165) is 17.9 Å². The molecule has 0 bridgehead atoms. The molecule has 0 amide bonds. The van der Waals surface area contributed by atoms with Crippen molar-refractivity contribution in [3.63, 3.8) is 0 Å². The molecule has 6 heteroatoms. The van der Waals surface area contributed by atoms with Crippen LogP contribution in [0.2, 0.25) is 0 Å². The van der Waals surface area contributed by atoms with E-state index in [0.29, 0.717) is 25.7 Å². The number of hydrogen-bond acceptors (Lipinski definition) is 4. The van der Waals surface area contributed by atoms with Gasteiger partial charge in [0.1, 0.15) is 5.75 Å². The molecule has 0 saturated heterocycles. The molecule has 0 aromatic heterocycles. The van der Waals surface area contributed by atoms with E-state index < -0.39 is 0 Å². The van der Waals surface area contributed by atoms with Crippen molar-refractivity contribution in [3.8, 4) is 5.75 Å². The second-order valence-electron chi connectivity index (χ2n) is 5.74. The molecule has 1 rings (SSSR count). The van der Waals surface area contributed by atoms with Gasteiger partial charge in [-0.2, -0.15) is 0 Å². The van der Waals surface area contributed by atoms with Crippen molar-refractivity contribution in [2.75, 3.05) is 46.3 Å². The maximum atomic E-state index is 5.70. The Balaban J connectivity index is 2.54. The SMILES string of the molecule is CN=C(NCC(C)(C)OC)Nc1cccc(OCCCOC)c1. The van der Waals surface area contributed by atoms with Crippen LogP contribution in [-0.4, -0.2) is 52.6 Å². The van der Waals surface area contributed by atoms with Gasteiger partial charge in [-0.1, -0.05) is 6.07 Å². The van der Waals surface area contributed by atoms with Crippen molar-refractivity contribution in [1.82, 2.24) is 5.32 Å². The number of nitrogens with one attached hydrogen (secondary N) is 2. The van der Waals surface area contributed by atoms with Gasteiger partial charge in [-0.05, 0) is 26.0 Å². The van der Waals surface area contributed by atoms with Crippen molar-refractivity contribution in [1.29, 1.82) is 0 Å². The highest BCUT2D eigenvalue weighted by Gasteiger charge is 2.16. The first-order chi connectivity index (χ1) is 11.0. The molecule has 1 aromatic rings. The average molecular weight is 323 g/mol. The zero-order valence-corrected chi connectivity index (χ0v) is 14.8. The molecule has 0 unspecified atom stereocenters. The first kappa shape index (κ1) is 19.3. The summed E-state index contributed by atoms with van der Waals surface area (Å²) < 4.78 is 16.1. The van der Waals surface area contributed by atoms with Crippen LogP contribution in [0.25, 0.3) is 0 Å². The summed E-state index contributed by atoms with van der Waals surface area (Å²) in [4.78, 5) is 4.22. The molecule has 23 heavy (non-hydrogen) atoms. The van der Waals surface area contributed by atoms with Crippen molar-refractivity contribution in [3.05, 3.63) is 24.3 Å². The van der Waals surface area contributed by atoms with Crippen molar-refractivity contribution in [2.45, 2.75) is 25.9 Å². The third-order valence-electron chi connectivity index (χ3n) is 3.32. The van der Waals surface area contributed by atoms with E-state index in [1.54, 1.807) is 21.3 Å². The maximum absolute atomic E-state index is 5.70. The molecule has 0 spiro atoms. The van der Waals surface area contributed by atoms with Gasteiger partial charge < -0.3 is 24.8 Å². The van der Waals surface area contributed by atoms with E-state index >= 15 is 0 Å². The first-order valence-electron chi connectivity index (χ1n) is 7.75. The molecule has 0 heterocycles. The van der Waals surface area contributed by atoms with E-state index in [9.17, 15) is 0 Å². The zero-order chi connectivity index (χ0) is 17.1. The van der Waals surface area contributed by atoms with Crippen molar-refractivity contribution < 1.29 is 14.2 Å². The Kier molecular flexibility index (Phi) is 8.43. The molecule has 0 radical (unpaired) electrons. The summed E-state index contributed by atoms with van der Waals surface area (Å²) in [6.45, 7) is 6.01. The van der Waals surface area contributed by atoms with Gasteiger partial charge in [0, 0.05) is 52.6 Å². The van der Waals surface area contributed by atoms with Crippen LogP contribution in [0.15, 0.2) is 29.3 Å². The zero-order valence-electron chi connectivity index (χ0n) is 14.8. The van der Waals surface area contributed by atoms with Gasteiger partial charge in [0.2, 0.25) is 0 Å². The molecule has 6 nitrogen and oxygen atoms in total. The molecule has 0 aliphatic rings. The molecule has 2 N–H and O–H groups in total. The van der Waals surface area contributed by atoms with Gasteiger partial charge in [0.05, 0.1) is 12.2 Å². The number of ether oxygens (including phenoxy) is 3. The summed E-state index contributed by atoms with van der Waals surface area (Å²) in [5, 5.41) is 6.49. The third-order valence-corrected chi connectivity index (χ3v) is 3.32. The van der Waals surface area contributed by atoms with Crippen LogP contribution < -0.4 is 15.4 Å². The van der Waals surface area contributed by atoms with E-state index in [2.05, 4.69) is 15.6 Å². The summed E-state index contributed by atoms with van der Waals surface area (Å²) in [7, 11) is 5.12. The number of aliphatic imine (C=N–C) groups is 1. The molecule has 0 aliphatic carbocycles. The largest absolute Gasteiger partial charge is 0.493 e. The molecule has 0 saturated carbocycles. The lowest BCUT2D eigenvalue weighted by molar-refractivity contribution is 0.0270. The van der Waals surface area contributed by atoms with E-state index in [1.807, 2.05) is 38.1 Å². The Morgan fingerprint density at radius 2 is 2.00 bits per heavy atom. The monoisotopic (exact) mass is 323 g/mol. The molecule has 0 aliphatic heterocycles. The molecule has 130 valence electrons. The predicted molar refractivity (Wildman–Crippen MR) is 94.5 cm³/mol. The number of nitrogens with zero attached hydrogens (tertiary/aromatic N) is 1. The number of guanidine groups is 1. The Labute approximate surface area is 139 Å². The molecular weight excluding hydrogens is 294 g/mol. The summed E-state index contributed by atoms with van der Waals surface area (Å²) >= 11 is 0. The summed E-state index contributed by atoms with van der Waals surface area (Å²) in [6, 6.07) is 7.79. The minimum Gasteiger partial charge on any atom is -0.493 e. The number of anilines is 1. The van der Waals surface area contributed by atoms with Crippen molar-refractivity contribution >= 4 is 11.6 Å². The highest BCUT2D eigenvalue weighted by Crippen LogP contribution is 2.17. The minimum atomic E-state index is -0.260. The summed E-state index contributed by atoms with van der Waals surface area (Å²) in [6.07, 6.45) is 0.865. The molecule has 0 fully saturated rings. The predicted octanol–water partition coefficient (Wildman–Crippen LogP) is 2.51. The summed E-state index contributed by atoms with van der Waals surface area (Å²) in [5.74, 6) is 1.51. The normalized spacial score (nSPS) is 12.1. The van der Waals surface area contributed by atoms with Crippen LogP contribution in [0.3, 0.4) is 0 Å². The maximum Gasteiger partial charge on any atom is 0.195 e. The van der Waals surface area contributed by atoms with Gasteiger partial charge in [-0.3, -0.25) is 4.99 Å². The number of benzene rings is 1. The number of hydrogen-bond donors (Lipinski definition) is 2. The number of rotatable bonds is 9. The molecule has 1 aromatic carbocycles. The highest BCUT2D eigenvalue weighted by molar-refractivity contribution is 5.93. The molecular formula is C17H29N3O3. The van der Waals surface area contributed by atoms with Gasteiger partial charge in [-0.15, -0.1) is 0 Å². The minimum absolute atomic E-state index is 0.260. The standard InChI is InChI=1S/C17H29N3O3/c1-17(2,22-5)13-19-16(18-3)20-14-8-6-9-15(12-14)23-11-7-10-21-4/h6,8-9,12H,7,10-11,13H2,1-5H3,(H2,18,19,20). The van der Waals surface area contributed by atoms with Crippen LogP contribution in [-0.2, 0) is 9.47 Å². The number of methoxy groups -OCH3 is 2. The Morgan fingerprint density at radius 1 is 1.22 bits per heavy atom. The van der Waals surface area contributed by atoms with Gasteiger partial charge in [-0.25, -0.2) is 0 Å². The fourth-order valence-electron chi connectivity index (χ4n) is 1.74. The van der Waals surface area contributed by atoms with Crippen LogP contribution in [0.4, 0.5) is 5.69 Å². The third kappa shape index (κ3) is 7.85. The van der Waals surface area contributed by atoms with Crippen LogP contribution in [0, 0.1) is 0 Å². The fourth-order valence-corrected chi connectivity index (χ4v) is 1.74. The van der Waals surface area contributed by atoms with Gasteiger partial charge in [0.15, 0.2) is 5.96 Å². The lowest BCUT2D eigenvalue weighted by Gasteiger charge is -2.24. The van der Waals surface area contributed by atoms with Gasteiger partial charge in [0.25, 0.3) is 0 Å². The smallest absolute Gasteiger partial charge is 0.195 e. The quantitative estimate of drug-likeness (QED) is 0.415. The highest BCUT2D eigenvalue weighted by atomic mass is 16.5. The Morgan fingerprint density at radius 3 is 2.65 bits per heavy atom. The lowest BCUT2D eigenvalue weighted by Crippen LogP contribution is -2.42.